The minimum absolute atomic E-state index is 0.0277. The summed E-state index contributed by atoms with van der Waals surface area (Å²) in [4.78, 5) is 22.7. The van der Waals surface area contributed by atoms with Crippen LogP contribution in [0.5, 0.6) is 0 Å². The van der Waals surface area contributed by atoms with E-state index in [1.165, 1.54) is 0 Å². The number of hydrogen-bond acceptors (Lipinski definition) is 4. The first-order valence-corrected chi connectivity index (χ1v) is 5.32. The molecule has 0 aliphatic heterocycles. The van der Waals surface area contributed by atoms with Crippen molar-refractivity contribution >= 4 is 11.8 Å². The van der Waals surface area contributed by atoms with E-state index in [0.29, 0.717) is 5.56 Å². The van der Waals surface area contributed by atoms with Crippen molar-refractivity contribution in [1.82, 2.24) is 0 Å². The largest absolute Gasteiger partial charge is 0.481 e. The second kappa shape index (κ2) is 6.12. The monoisotopic (exact) mass is 236 g/mol. The molecule has 0 heterocycles. The van der Waals surface area contributed by atoms with Crippen molar-refractivity contribution in [3.8, 4) is 0 Å². The molecule has 17 heavy (non-hydrogen) atoms. The summed E-state index contributed by atoms with van der Waals surface area (Å²) < 4.78 is 0. The van der Waals surface area contributed by atoms with Crippen LogP contribution in [0.25, 0.3) is 0 Å². The van der Waals surface area contributed by atoms with E-state index >= 15 is 0 Å². The molecule has 5 heteroatoms. The average Bonchev–Trinajstić information content (AvgIpc) is 2.35. The summed E-state index contributed by atoms with van der Waals surface area (Å²) in [7, 11) is 0. The Hall–Kier alpha value is -1.72. The molecule has 5 N–H and O–H groups in total. The number of carboxylic acids is 1. The van der Waals surface area contributed by atoms with Gasteiger partial charge in [-0.1, -0.05) is 30.3 Å². The molecule has 2 atom stereocenters. The zero-order valence-corrected chi connectivity index (χ0v) is 9.37. The lowest BCUT2D eigenvalue weighted by atomic mass is 9.92. The van der Waals surface area contributed by atoms with Crippen LogP contribution in [-0.4, -0.2) is 29.4 Å². The van der Waals surface area contributed by atoms with Gasteiger partial charge in [0.2, 0.25) is 0 Å². The lowest BCUT2D eigenvalue weighted by Gasteiger charge is -2.14. The molecule has 1 aromatic carbocycles. The molecule has 5 nitrogen and oxygen atoms in total. The highest BCUT2D eigenvalue weighted by Crippen LogP contribution is 2.20. The molecule has 0 aliphatic rings. The molecular formula is C12H16N2O3. The molecule has 0 unspecified atom stereocenters. The van der Waals surface area contributed by atoms with E-state index in [1.807, 2.05) is 0 Å². The van der Waals surface area contributed by atoms with Crippen molar-refractivity contribution in [3.05, 3.63) is 35.9 Å². The normalized spacial score (nSPS) is 14.0. The molecule has 0 saturated heterocycles. The summed E-state index contributed by atoms with van der Waals surface area (Å²) in [5.41, 5.74) is 11.3. The number of carbonyl (C=O) groups excluding carboxylic acids is 1. The van der Waals surface area contributed by atoms with Crippen molar-refractivity contribution in [1.29, 1.82) is 0 Å². The molecule has 0 amide bonds. The summed E-state index contributed by atoms with van der Waals surface area (Å²) in [5.74, 6) is -2.22. The van der Waals surface area contributed by atoms with Gasteiger partial charge in [0.05, 0.1) is 12.0 Å². The molecule has 1 aromatic rings. The Kier molecular flexibility index (Phi) is 4.81. The third kappa shape index (κ3) is 3.65. The number of carbonyl (C=O) groups is 2. The Bertz CT molecular complexity index is 392. The molecule has 0 saturated carbocycles. The number of hydrogen-bond donors (Lipinski definition) is 3. The van der Waals surface area contributed by atoms with Crippen molar-refractivity contribution in [2.45, 2.75) is 18.4 Å². The standard InChI is InChI=1S/C12H16N2O3/c13-7-10(14)11(15)6-9(12(16)17)8-4-2-1-3-5-8/h1-5,9-10H,6-7,13-14H2,(H,16,17)/t9-,10-/m1/s1. The number of rotatable bonds is 6. The number of Topliss-reactive ketones (excluding diaryl/α,β-unsaturated/α-hetero) is 1. The van der Waals surface area contributed by atoms with E-state index in [0.717, 1.165) is 0 Å². The molecule has 0 aromatic heterocycles. The number of aliphatic carboxylic acids is 1. The molecule has 0 bridgehead atoms. The number of ketones is 1. The fourth-order valence-electron chi connectivity index (χ4n) is 1.52. The van der Waals surface area contributed by atoms with Gasteiger partial charge < -0.3 is 16.6 Å². The van der Waals surface area contributed by atoms with Crippen LogP contribution in [0.3, 0.4) is 0 Å². The summed E-state index contributed by atoms with van der Waals surface area (Å²) in [5, 5.41) is 9.11. The van der Waals surface area contributed by atoms with Crippen LogP contribution in [0.4, 0.5) is 0 Å². The molecule has 0 spiro atoms. The average molecular weight is 236 g/mol. The van der Waals surface area contributed by atoms with Gasteiger partial charge in [0.25, 0.3) is 0 Å². The first kappa shape index (κ1) is 13.3. The van der Waals surface area contributed by atoms with Gasteiger partial charge in [-0.15, -0.1) is 0 Å². The summed E-state index contributed by atoms with van der Waals surface area (Å²) in [6.07, 6.45) is -0.127. The second-order valence-electron chi connectivity index (χ2n) is 3.81. The highest BCUT2D eigenvalue weighted by Gasteiger charge is 2.25. The van der Waals surface area contributed by atoms with Crippen molar-refractivity contribution in [3.63, 3.8) is 0 Å². The minimum Gasteiger partial charge on any atom is -0.481 e. The van der Waals surface area contributed by atoms with E-state index in [2.05, 4.69) is 0 Å². The molecule has 0 aliphatic carbocycles. The molecular weight excluding hydrogens is 220 g/mol. The third-order valence-corrected chi connectivity index (χ3v) is 2.57. The topological polar surface area (TPSA) is 106 Å². The van der Waals surface area contributed by atoms with E-state index in [-0.39, 0.29) is 18.7 Å². The fourth-order valence-corrected chi connectivity index (χ4v) is 1.52. The highest BCUT2D eigenvalue weighted by atomic mass is 16.4. The number of nitrogens with two attached hydrogens (primary N) is 2. The van der Waals surface area contributed by atoms with Gasteiger partial charge in [0.15, 0.2) is 5.78 Å². The van der Waals surface area contributed by atoms with Crippen molar-refractivity contribution in [2.75, 3.05) is 6.54 Å². The lowest BCUT2D eigenvalue weighted by molar-refractivity contribution is -0.140. The van der Waals surface area contributed by atoms with Crippen LogP contribution in [-0.2, 0) is 9.59 Å². The van der Waals surface area contributed by atoms with Crippen LogP contribution in [0.2, 0.25) is 0 Å². The Labute approximate surface area is 99.4 Å². The Morgan fingerprint density at radius 3 is 2.29 bits per heavy atom. The molecule has 0 radical (unpaired) electrons. The van der Waals surface area contributed by atoms with Gasteiger partial charge in [-0.2, -0.15) is 0 Å². The maximum atomic E-state index is 11.6. The zero-order valence-electron chi connectivity index (χ0n) is 9.37. The van der Waals surface area contributed by atoms with E-state index in [9.17, 15) is 9.59 Å². The van der Waals surface area contributed by atoms with Crippen LogP contribution in [0.15, 0.2) is 30.3 Å². The van der Waals surface area contributed by atoms with Gasteiger partial charge in [0, 0.05) is 13.0 Å². The predicted molar refractivity (Wildman–Crippen MR) is 63.5 cm³/mol. The smallest absolute Gasteiger partial charge is 0.311 e. The van der Waals surface area contributed by atoms with Crippen LogP contribution in [0, 0.1) is 0 Å². The minimum atomic E-state index is -1.03. The second-order valence-corrected chi connectivity index (χ2v) is 3.81. The summed E-state index contributed by atoms with van der Waals surface area (Å²) in [6, 6.07) is 7.83. The van der Waals surface area contributed by atoms with Crippen molar-refractivity contribution < 1.29 is 14.7 Å². The van der Waals surface area contributed by atoms with E-state index in [4.69, 9.17) is 16.6 Å². The van der Waals surface area contributed by atoms with Crippen LogP contribution in [0.1, 0.15) is 17.9 Å². The Morgan fingerprint density at radius 2 is 1.82 bits per heavy atom. The van der Waals surface area contributed by atoms with Gasteiger partial charge in [-0.3, -0.25) is 9.59 Å². The first-order chi connectivity index (χ1) is 8.06. The summed E-state index contributed by atoms with van der Waals surface area (Å²) >= 11 is 0. The van der Waals surface area contributed by atoms with Gasteiger partial charge >= 0.3 is 5.97 Å². The first-order valence-electron chi connectivity index (χ1n) is 5.32. The Morgan fingerprint density at radius 1 is 1.24 bits per heavy atom. The fraction of sp³-hybridized carbons (Fsp3) is 0.333. The maximum absolute atomic E-state index is 11.6. The highest BCUT2D eigenvalue weighted by molar-refractivity contribution is 5.90. The van der Waals surface area contributed by atoms with Crippen molar-refractivity contribution in [2.24, 2.45) is 11.5 Å². The summed E-state index contributed by atoms with van der Waals surface area (Å²) in [6.45, 7) is 0.0277. The lowest BCUT2D eigenvalue weighted by Crippen LogP contribution is -2.39. The Balaban J connectivity index is 2.82. The number of carboxylic acid groups (broad SMARTS) is 1. The van der Waals surface area contributed by atoms with Gasteiger partial charge in [-0.25, -0.2) is 0 Å². The van der Waals surface area contributed by atoms with E-state index in [1.54, 1.807) is 30.3 Å². The predicted octanol–water partition coefficient (Wildman–Crippen LogP) is 0.100. The molecule has 0 fully saturated rings. The zero-order chi connectivity index (χ0) is 12.8. The molecule has 92 valence electrons. The quantitative estimate of drug-likeness (QED) is 0.649. The van der Waals surface area contributed by atoms with Gasteiger partial charge in [-0.05, 0) is 5.56 Å². The van der Waals surface area contributed by atoms with Crippen LogP contribution < -0.4 is 11.5 Å². The number of benzene rings is 1. The molecule has 1 rings (SSSR count). The van der Waals surface area contributed by atoms with Gasteiger partial charge in [0.1, 0.15) is 0 Å². The third-order valence-electron chi connectivity index (χ3n) is 2.57. The van der Waals surface area contributed by atoms with Crippen LogP contribution >= 0.6 is 0 Å². The SMILES string of the molecule is NC[C@@H](N)C(=O)C[C@@H](C(=O)O)c1ccccc1. The van der Waals surface area contributed by atoms with E-state index < -0.39 is 17.9 Å². The maximum Gasteiger partial charge on any atom is 0.311 e.